The molecule has 0 saturated heterocycles. The van der Waals surface area contributed by atoms with Gasteiger partial charge in [-0.1, -0.05) is 33.6 Å². The van der Waals surface area contributed by atoms with Gasteiger partial charge < -0.3 is 14.6 Å². The van der Waals surface area contributed by atoms with Crippen molar-refractivity contribution in [3.05, 3.63) is 0 Å². The molecule has 0 aliphatic heterocycles. The molecule has 3 nitrogen and oxygen atoms in total. The van der Waals surface area contributed by atoms with Crippen molar-refractivity contribution < 1.29 is 14.6 Å². The molecule has 0 amide bonds. The van der Waals surface area contributed by atoms with Crippen LogP contribution in [0.4, 0.5) is 0 Å². The molecule has 0 aromatic heterocycles. The van der Waals surface area contributed by atoms with E-state index in [1.165, 1.54) is 25.7 Å². The predicted octanol–water partition coefficient (Wildman–Crippen LogP) is 3.01. The van der Waals surface area contributed by atoms with Gasteiger partial charge in [-0.05, 0) is 31.1 Å². The maximum atomic E-state index is 8.61. The van der Waals surface area contributed by atoms with Crippen LogP contribution >= 0.6 is 0 Å². The van der Waals surface area contributed by atoms with E-state index in [0.29, 0.717) is 19.1 Å². The van der Waals surface area contributed by atoms with Crippen molar-refractivity contribution in [2.75, 3.05) is 26.4 Å². The first kappa shape index (κ1) is 15.9. The molecule has 1 N–H and O–H groups in total. The second kappa shape index (κ2) is 8.13. The lowest BCUT2D eigenvalue weighted by molar-refractivity contribution is -0.115. The Morgan fingerprint density at radius 2 is 2.06 bits per heavy atom. The van der Waals surface area contributed by atoms with Crippen molar-refractivity contribution in [2.45, 2.75) is 58.5 Å². The Bertz CT molecular complexity index is 218. The van der Waals surface area contributed by atoms with E-state index in [1.54, 1.807) is 0 Å². The molecule has 1 aliphatic rings. The first-order valence-electron chi connectivity index (χ1n) is 7.43. The van der Waals surface area contributed by atoms with Gasteiger partial charge in [0.25, 0.3) is 0 Å². The summed E-state index contributed by atoms with van der Waals surface area (Å²) in [6, 6.07) is 0. The lowest BCUT2D eigenvalue weighted by Crippen LogP contribution is -2.43. The molecule has 0 heterocycles. The maximum absolute atomic E-state index is 8.61. The number of aliphatic hydroxyl groups excluding tert-OH is 1. The van der Waals surface area contributed by atoms with Gasteiger partial charge in [0.05, 0.1) is 18.8 Å². The highest BCUT2D eigenvalue weighted by molar-refractivity contribution is 4.89. The van der Waals surface area contributed by atoms with Crippen LogP contribution in [0.1, 0.15) is 52.9 Å². The minimum absolute atomic E-state index is 0.0919. The third-order valence-corrected chi connectivity index (χ3v) is 4.10. The lowest BCUT2D eigenvalue weighted by Gasteiger charge is -2.43. The summed E-state index contributed by atoms with van der Waals surface area (Å²) in [5.41, 5.74) is 0.0919. The number of hydrogen-bond donors (Lipinski definition) is 1. The Morgan fingerprint density at radius 1 is 1.28 bits per heavy atom. The highest BCUT2D eigenvalue weighted by Crippen LogP contribution is 2.40. The van der Waals surface area contributed by atoms with Crippen molar-refractivity contribution in [2.24, 2.45) is 11.8 Å². The lowest BCUT2D eigenvalue weighted by atomic mass is 9.73. The average Bonchev–Trinajstić information content (AvgIpc) is 2.33. The predicted molar refractivity (Wildman–Crippen MR) is 73.7 cm³/mol. The highest BCUT2D eigenvalue weighted by atomic mass is 16.5. The number of aliphatic hydroxyl groups is 1. The first-order chi connectivity index (χ1) is 8.60. The molecular formula is C15H30O3. The molecule has 2 unspecified atom stereocenters. The topological polar surface area (TPSA) is 38.7 Å². The molecule has 2 atom stereocenters. The Kier molecular flexibility index (Phi) is 7.20. The normalized spacial score (nSPS) is 28.8. The van der Waals surface area contributed by atoms with Crippen LogP contribution in [-0.4, -0.2) is 37.1 Å². The van der Waals surface area contributed by atoms with Crippen LogP contribution in [0, 0.1) is 11.8 Å². The fourth-order valence-electron chi connectivity index (χ4n) is 2.97. The van der Waals surface area contributed by atoms with Gasteiger partial charge in [0.1, 0.15) is 0 Å². The smallest absolute Gasteiger partial charge is 0.0707 e. The Labute approximate surface area is 112 Å². The van der Waals surface area contributed by atoms with E-state index in [9.17, 15) is 0 Å². The summed E-state index contributed by atoms with van der Waals surface area (Å²) >= 11 is 0. The molecule has 1 aliphatic carbocycles. The van der Waals surface area contributed by atoms with Crippen LogP contribution in [0.15, 0.2) is 0 Å². The second-order valence-electron chi connectivity index (χ2n) is 5.96. The van der Waals surface area contributed by atoms with E-state index >= 15 is 0 Å². The van der Waals surface area contributed by atoms with Crippen LogP contribution in [0.5, 0.6) is 0 Å². The number of rotatable bonds is 8. The SMILES string of the molecule is CC1CCCC(OCCCOCCO)(C(C)C)C1. The van der Waals surface area contributed by atoms with Crippen molar-refractivity contribution in [1.82, 2.24) is 0 Å². The van der Waals surface area contributed by atoms with E-state index in [-0.39, 0.29) is 12.2 Å². The third kappa shape index (κ3) is 4.87. The van der Waals surface area contributed by atoms with Crippen LogP contribution in [-0.2, 0) is 9.47 Å². The van der Waals surface area contributed by atoms with E-state index in [4.69, 9.17) is 14.6 Å². The monoisotopic (exact) mass is 258 g/mol. The minimum Gasteiger partial charge on any atom is -0.394 e. The van der Waals surface area contributed by atoms with Crippen LogP contribution in [0.2, 0.25) is 0 Å². The van der Waals surface area contributed by atoms with Gasteiger partial charge in [0, 0.05) is 13.2 Å². The van der Waals surface area contributed by atoms with Crippen molar-refractivity contribution in [3.8, 4) is 0 Å². The second-order valence-corrected chi connectivity index (χ2v) is 5.96. The molecular weight excluding hydrogens is 228 g/mol. The molecule has 0 radical (unpaired) electrons. The summed E-state index contributed by atoms with van der Waals surface area (Å²) in [6.45, 7) is 8.89. The van der Waals surface area contributed by atoms with Gasteiger partial charge in [-0.2, -0.15) is 0 Å². The van der Waals surface area contributed by atoms with Gasteiger partial charge in [-0.25, -0.2) is 0 Å². The van der Waals surface area contributed by atoms with E-state index < -0.39 is 0 Å². The van der Waals surface area contributed by atoms with E-state index in [2.05, 4.69) is 20.8 Å². The standard InChI is InChI=1S/C15H30O3/c1-13(2)15(7-4-6-14(3)12-15)18-10-5-9-17-11-8-16/h13-14,16H,4-12H2,1-3H3. The Hall–Kier alpha value is -0.120. The fourth-order valence-corrected chi connectivity index (χ4v) is 2.97. The van der Waals surface area contributed by atoms with Crippen molar-refractivity contribution >= 4 is 0 Å². The van der Waals surface area contributed by atoms with Gasteiger partial charge >= 0.3 is 0 Å². The van der Waals surface area contributed by atoms with Crippen molar-refractivity contribution in [1.29, 1.82) is 0 Å². The molecule has 1 saturated carbocycles. The molecule has 0 spiro atoms. The molecule has 1 fully saturated rings. The van der Waals surface area contributed by atoms with Gasteiger partial charge in [0.15, 0.2) is 0 Å². The molecule has 18 heavy (non-hydrogen) atoms. The van der Waals surface area contributed by atoms with E-state index in [1.807, 2.05) is 0 Å². The van der Waals surface area contributed by atoms with Gasteiger partial charge in [-0.3, -0.25) is 0 Å². The first-order valence-corrected chi connectivity index (χ1v) is 7.43. The summed E-state index contributed by atoms with van der Waals surface area (Å²) < 4.78 is 11.5. The molecule has 1 rings (SSSR count). The van der Waals surface area contributed by atoms with Crippen LogP contribution in [0.3, 0.4) is 0 Å². The minimum atomic E-state index is 0.0919. The van der Waals surface area contributed by atoms with Gasteiger partial charge in [-0.15, -0.1) is 0 Å². The number of ether oxygens (including phenoxy) is 2. The quantitative estimate of drug-likeness (QED) is 0.680. The zero-order valence-electron chi connectivity index (χ0n) is 12.3. The summed E-state index contributed by atoms with van der Waals surface area (Å²) in [4.78, 5) is 0. The maximum Gasteiger partial charge on any atom is 0.0707 e. The van der Waals surface area contributed by atoms with Crippen molar-refractivity contribution in [3.63, 3.8) is 0 Å². The van der Waals surface area contributed by atoms with Crippen LogP contribution < -0.4 is 0 Å². The molecule has 0 aromatic rings. The Morgan fingerprint density at radius 3 is 2.67 bits per heavy atom. The average molecular weight is 258 g/mol. The summed E-state index contributed by atoms with van der Waals surface area (Å²) in [7, 11) is 0. The fraction of sp³-hybridized carbons (Fsp3) is 1.00. The largest absolute Gasteiger partial charge is 0.394 e. The molecule has 3 heteroatoms. The van der Waals surface area contributed by atoms with Gasteiger partial charge in [0.2, 0.25) is 0 Å². The summed E-state index contributed by atoms with van der Waals surface area (Å²) in [5.74, 6) is 1.37. The molecule has 108 valence electrons. The molecule has 0 bridgehead atoms. The number of hydrogen-bond acceptors (Lipinski definition) is 3. The zero-order valence-corrected chi connectivity index (χ0v) is 12.3. The highest BCUT2D eigenvalue weighted by Gasteiger charge is 2.38. The zero-order chi connectivity index (χ0) is 13.4. The third-order valence-electron chi connectivity index (χ3n) is 4.10. The van der Waals surface area contributed by atoms with E-state index in [0.717, 1.165) is 18.9 Å². The summed E-state index contributed by atoms with van der Waals surface area (Å²) in [5, 5.41) is 8.61. The molecule has 0 aromatic carbocycles. The summed E-state index contributed by atoms with van der Waals surface area (Å²) in [6.07, 6.45) is 5.95. The van der Waals surface area contributed by atoms with Crippen LogP contribution in [0.25, 0.3) is 0 Å². The Balaban J connectivity index is 2.29.